The summed E-state index contributed by atoms with van der Waals surface area (Å²) in [5.41, 5.74) is 1.50. The van der Waals surface area contributed by atoms with Gasteiger partial charge in [0.05, 0.1) is 19.6 Å². The SMILES string of the molecule is CC=C(C)[N+](CC)(CC)CC. The molecule has 0 saturated carbocycles. The predicted octanol–water partition coefficient (Wildman–Crippen LogP) is 2.79. The van der Waals surface area contributed by atoms with E-state index in [0.29, 0.717) is 0 Å². The fraction of sp³-hybridized carbons (Fsp3) is 0.800. The zero-order valence-corrected chi connectivity index (χ0v) is 8.65. The topological polar surface area (TPSA) is 0 Å². The van der Waals surface area contributed by atoms with Crippen molar-refractivity contribution >= 4 is 0 Å². The molecule has 0 aliphatic carbocycles. The van der Waals surface area contributed by atoms with Crippen LogP contribution < -0.4 is 0 Å². The van der Waals surface area contributed by atoms with Crippen LogP contribution >= 0.6 is 0 Å². The second-order valence-electron chi connectivity index (χ2n) is 3.02. The molecular weight excluding hydrogens is 134 g/mol. The van der Waals surface area contributed by atoms with Crippen molar-refractivity contribution in [1.29, 1.82) is 0 Å². The zero-order chi connectivity index (χ0) is 8.91. The lowest BCUT2D eigenvalue weighted by Gasteiger charge is -2.35. The Balaban J connectivity index is 4.54. The summed E-state index contributed by atoms with van der Waals surface area (Å²) < 4.78 is 1.15. The summed E-state index contributed by atoms with van der Waals surface area (Å²) in [6.45, 7) is 14.8. The molecule has 0 atom stereocenters. The molecule has 0 aliphatic rings. The molecule has 0 amide bonds. The van der Waals surface area contributed by atoms with E-state index in [2.05, 4.69) is 40.7 Å². The van der Waals surface area contributed by atoms with Crippen LogP contribution in [0.3, 0.4) is 0 Å². The molecule has 1 nitrogen and oxygen atoms in total. The minimum atomic E-state index is 1.15. The van der Waals surface area contributed by atoms with Gasteiger partial charge in [-0.25, -0.2) is 0 Å². The third-order valence-electron chi connectivity index (χ3n) is 2.98. The van der Waals surface area contributed by atoms with Crippen LogP contribution in [-0.4, -0.2) is 24.1 Å². The van der Waals surface area contributed by atoms with Crippen LogP contribution in [0.1, 0.15) is 34.6 Å². The first kappa shape index (κ1) is 10.7. The van der Waals surface area contributed by atoms with Crippen molar-refractivity contribution in [3.8, 4) is 0 Å². The number of nitrogens with zero attached hydrogens (tertiary/aromatic N) is 1. The molecular formula is C10H22N+. The maximum Gasteiger partial charge on any atom is 0.101 e. The minimum Gasteiger partial charge on any atom is -0.296 e. The average Bonchev–Trinajstić information content (AvgIpc) is 2.08. The molecule has 0 spiro atoms. The molecule has 66 valence electrons. The van der Waals surface area contributed by atoms with Gasteiger partial charge in [-0.05, 0) is 33.8 Å². The Morgan fingerprint density at radius 3 is 1.55 bits per heavy atom. The van der Waals surface area contributed by atoms with Gasteiger partial charge in [-0.3, -0.25) is 4.48 Å². The van der Waals surface area contributed by atoms with E-state index < -0.39 is 0 Å². The molecule has 0 rings (SSSR count). The molecule has 0 bridgehead atoms. The highest BCUT2D eigenvalue weighted by atomic mass is 15.3. The molecule has 0 radical (unpaired) electrons. The fourth-order valence-electron chi connectivity index (χ4n) is 1.69. The van der Waals surface area contributed by atoms with Crippen LogP contribution in [0.25, 0.3) is 0 Å². The molecule has 11 heavy (non-hydrogen) atoms. The maximum atomic E-state index is 2.26. The molecule has 0 aliphatic heterocycles. The Labute approximate surface area is 71.3 Å². The van der Waals surface area contributed by atoms with Crippen molar-refractivity contribution in [3.63, 3.8) is 0 Å². The largest absolute Gasteiger partial charge is 0.296 e. The van der Waals surface area contributed by atoms with Gasteiger partial charge >= 0.3 is 0 Å². The Kier molecular flexibility index (Phi) is 4.43. The van der Waals surface area contributed by atoms with Gasteiger partial charge in [0.2, 0.25) is 0 Å². The van der Waals surface area contributed by atoms with E-state index in [0.717, 1.165) is 4.48 Å². The molecule has 0 saturated heterocycles. The number of allylic oxidation sites excluding steroid dienone is 2. The third kappa shape index (κ3) is 2.06. The lowest BCUT2D eigenvalue weighted by molar-refractivity contribution is -0.886. The number of quaternary nitrogens is 1. The van der Waals surface area contributed by atoms with Crippen molar-refractivity contribution < 1.29 is 4.48 Å². The first-order valence-electron chi connectivity index (χ1n) is 4.66. The molecule has 0 fully saturated rings. The van der Waals surface area contributed by atoms with E-state index in [4.69, 9.17) is 0 Å². The van der Waals surface area contributed by atoms with Crippen LogP contribution in [-0.2, 0) is 0 Å². The van der Waals surface area contributed by atoms with Crippen LogP contribution in [0.4, 0.5) is 0 Å². The summed E-state index contributed by atoms with van der Waals surface area (Å²) in [6, 6.07) is 0. The predicted molar refractivity (Wildman–Crippen MR) is 51.3 cm³/mol. The zero-order valence-electron chi connectivity index (χ0n) is 8.65. The van der Waals surface area contributed by atoms with E-state index >= 15 is 0 Å². The molecule has 1 heteroatoms. The van der Waals surface area contributed by atoms with Gasteiger partial charge in [0.25, 0.3) is 0 Å². The van der Waals surface area contributed by atoms with Crippen molar-refractivity contribution in [2.75, 3.05) is 19.6 Å². The number of rotatable bonds is 4. The summed E-state index contributed by atoms with van der Waals surface area (Å²) >= 11 is 0. The Morgan fingerprint density at radius 2 is 1.45 bits per heavy atom. The molecule has 0 aromatic heterocycles. The highest BCUT2D eigenvalue weighted by Gasteiger charge is 2.22. The van der Waals surface area contributed by atoms with Gasteiger partial charge in [0.15, 0.2) is 0 Å². The second-order valence-corrected chi connectivity index (χ2v) is 3.02. The Morgan fingerprint density at radius 1 is 1.09 bits per heavy atom. The first-order valence-corrected chi connectivity index (χ1v) is 4.66. The normalized spacial score (nSPS) is 13.7. The van der Waals surface area contributed by atoms with Gasteiger partial charge in [-0.1, -0.05) is 0 Å². The van der Waals surface area contributed by atoms with Crippen LogP contribution in [0.2, 0.25) is 0 Å². The van der Waals surface area contributed by atoms with Crippen LogP contribution in [0, 0.1) is 0 Å². The number of hydrogen-bond acceptors (Lipinski definition) is 0. The van der Waals surface area contributed by atoms with Gasteiger partial charge in [0, 0.05) is 6.92 Å². The molecule has 0 unspecified atom stereocenters. The number of hydrogen-bond donors (Lipinski definition) is 0. The van der Waals surface area contributed by atoms with Crippen molar-refractivity contribution in [3.05, 3.63) is 11.8 Å². The fourth-order valence-corrected chi connectivity index (χ4v) is 1.69. The lowest BCUT2D eigenvalue weighted by Crippen LogP contribution is -2.45. The van der Waals surface area contributed by atoms with Crippen molar-refractivity contribution in [1.82, 2.24) is 0 Å². The highest BCUT2D eigenvalue weighted by molar-refractivity contribution is 4.85. The van der Waals surface area contributed by atoms with Crippen molar-refractivity contribution in [2.24, 2.45) is 0 Å². The smallest absolute Gasteiger partial charge is 0.101 e. The minimum absolute atomic E-state index is 1.15. The Bertz CT molecular complexity index is 124. The van der Waals surface area contributed by atoms with E-state index in [1.165, 1.54) is 25.3 Å². The maximum absolute atomic E-state index is 2.26. The summed E-state index contributed by atoms with van der Waals surface area (Å²) in [4.78, 5) is 0. The van der Waals surface area contributed by atoms with Gasteiger partial charge in [-0.2, -0.15) is 0 Å². The summed E-state index contributed by atoms with van der Waals surface area (Å²) in [5, 5.41) is 0. The van der Waals surface area contributed by atoms with Gasteiger partial charge in [0.1, 0.15) is 5.70 Å². The van der Waals surface area contributed by atoms with Crippen molar-refractivity contribution in [2.45, 2.75) is 34.6 Å². The van der Waals surface area contributed by atoms with E-state index in [1.807, 2.05) is 0 Å². The van der Waals surface area contributed by atoms with Gasteiger partial charge < -0.3 is 0 Å². The monoisotopic (exact) mass is 156 g/mol. The second kappa shape index (κ2) is 4.55. The third-order valence-corrected chi connectivity index (χ3v) is 2.98. The Hall–Kier alpha value is -0.300. The standard InChI is InChI=1S/C10H22N/c1-6-10(5)11(7-2,8-3)9-4/h6H,7-9H2,1-5H3/q+1. The van der Waals surface area contributed by atoms with Crippen LogP contribution in [0.15, 0.2) is 11.8 Å². The van der Waals surface area contributed by atoms with Crippen LogP contribution in [0.5, 0.6) is 0 Å². The highest BCUT2D eigenvalue weighted by Crippen LogP contribution is 2.15. The summed E-state index contributed by atoms with van der Waals surface area (Å²) in [5.74, 6) is 0. The lowest BCUT2D eigenvalue weighted by atomic mass is 10.2. The molecule has 0 heterocycles. The van der Waals surface area contributed by atoms with E-state index in [9.17, 15) is 0 Å². The first-order chi connectivity index (χ1) is 5.16. The molecule has 0 aromatic carbocycles. The quantitative estimate of drug-likeness (QED) is 0.549. The van der Waals surface area contributed by atoms with Gasteiger partial charge in [-0.15, -0.1) is 0 Å². The summed E-state index contributed by atoms with van der Waals surface area (Å²) in [6.07, 6.45) is 2.23. The van der Waals surface area contributed by atoms with E-state index in [-0.39, 0.29) is 0 Å². The molecule has 0 aromatic rings. The van der Waals surface area contributed by atoms with E-state index in [1.54, 1.807) is 0 Å². The average molecular weight is 156 g/mol. The summed E-state index contributed by atoms with van der Waals surface area (Å²) in [7, 11) is 0. The molecule has 0 N–H and O–H groups in total.